The maximum absolute atomic E-state index is 11.2. The van der Waals surface area contributed by atoms with E-state index < -0.39 is 10.1 Å². The van der Waals surface area contributed by atoms with Crippen molar-refractivity contribution in [3.63, 3.8) is 0 Å². The summed E-state index contributed by atoms with van der Waals surface area (Å²) in [5.74, 6) is 0. The Morgan fingerprint density at radius 3 is 2.04 bits per heavy atom. The van der Waals surface area contributed by atoms with Gasteiger partial charge in [0.2, 0.25) is 21.1 Å². The molecule has 0 atom stereocenters. The third-order valence-electron chi connectivity index (χ3n) is 4.06. The lowest BCUT2D eigenvalue weighted by molar-refractivity contribution is 0.463. The van der Waals surface area contributed by atoms with Gasteiger partial charge in [-0.15, -0.1) is 0 Å². The summed E-state index contributed by atoms with van der Waals surface area (Å²) in [6.07, 6.45) is 2.13. The third-order valence-corrected chi connectivity index (χ3v) is 5.95. The monoisotopic (exact) mass is 396 g/mol. The zero-order valence-corrected chi connectivity index (χ0v) is 17.0. The molecule has 0 saturated heterocycles. The first-order chi connectivity index (χ1) is 12.7. The Kier molecular flexibility index (Phi) is 5.56. The molecular formula is C22H20O3S2. The molecule has 3 rings (SSSR count). The van der Waals surface area contributed by atoms with Gasteiger partial charge >= 0.3 is 0 Å². The van der Waals surface area contributed by atoms with Crippen molar-refractivity contribution in [2.75, 3.05) is 0 Å². The van der Waals surface area contributed by atoms with Crippen LogP contribution in [0.4, 0.5) is 0 Å². The van der Waals surface area contributed by atoms with E-state index in [1.54, 1.807) is 23.5 Å². The van der Waals surface area contributed by atoms with Gasteiger partial charge in [0.05, 0.1) is 4.90 Å². The van der Waals surface area contributed by atoms with Crippen LogP contribution in [0.25, 0.3) is 27.6 Å². The molecule has 0 fully saturated rings. The van der Waals surface area contributed by atoms with Crippen LogP contribution >= 0.6 is 11.3 Å². The van der Waals surface area contributed by atoms with Gasteiger partial charge in [0.15, 0.2) is 0 Å². The zero-order chi connectivity index (χ0) is 19.6. The predicted molar refractivity (Wildman–Crippen MR) is 112 cm³/mol. The molecule has 0 radical (unpaired) electrons. The van der Waals surface area contributed by atoms with Gasteiger partial charge in [0.25, 0.3) is 0 Å². The Balaban J connectivity index is 2.13. The van der Waals surface area contributed by atoms with Gasteiger partial charge < -0.3 is 4.55 Å². The highest BCUT2D eigenvalue weighted by atomic mass is 32.2. The van der Waals surface area contributed by atoms with E-state index in [0.29, 0.717) is 0 Å². The van der Waals surface area contributed by atoms with Crippen LogP contribution in [0, 0.1) is 6.92 Å². The van der Waals surface area contributed by atoms with Crippen molar-refractivity contribution in [2.24, 2.45) is 0 Å². The Bertz CT molecular complexity index is 1090. The molecule has 0 spiro atoms. The molecule has 138 valence electrons. The van der Waals surface area contributed by atoms with Crippen molar-refractivity contribution in [1.82, 2.24) is 0 Å². The molecular weight excluding hydrogens is 376 g/mol. The summed E-state index contributed by atoms with van der Waals surface area (Å²) in [7, 11) is -4.44. The third kappa shape index (κ3) is 4.89. The molecule has 2 aromatic carbocycles. The van der Waals surface area contributed by atoms with E-state index in [1.807, 2.05) is 0 Å². The summed E-state index contributed by atoms with van der Waals surface area (Å²) >= 11 is 1.70. The first kappa shape index (κ1) is 19.4. The number of hydrogen-bond donors (Lipinski definition) is 0. The Morgan fingerprint density at radius 1 is 0.889 bits per heavy atom. The first-order valence-electron chi connectivity index (χ1n) is 8.49. The number of allylic oxidation sites excluding steroid dienone is 1. The normalized spacial score (nSPS) is 11.3. The molecule has 0 aliphatic rings. The zero-order valence-electron chi connectivity index (χ0n) is 15.4. The topological polar surface area (TPSA) is 57.2 Å². The van der Waals surface area contributed by atoms with Crippen molar-refractivity contribution in [3.8, 4) is 21.6 Å². The van der Waals surface area contributed by atoms with Gasteiger partial charge in [-0.2, -0.15) is 0 Å². The van der Waals surface area contributed by atoms with Crippen LogP contribution in [0.1, 0.15) is 24.3 Å². The largest absolute Gasteiger partial charge is 0.744 e. The van der Waals surface area contributed by atoms with Crippen LogP contribution in [0.3, 0.4) is 0 Å². The van der Waals surface area contributed by atoms with Crippen molar-refractivity contribution >= 4 is 27.5 Å². The second-order valence-electron chi connectivity index (χ2n) is 6.68. The number of rotatable bonds is 4. The minimum atomic E-state index is -4.44. The van der Waals surface area contributed by atoms with E-state index in [-0.39, 0.29) is 4.90 Å². The van der Waals surface area contributed by atoms with Crippen molar-refractivity contribution < 1.29 is 13.0 Å². The molecule has 3 aromatic rings. The van der Waals surface area contributed by atoms with E-state index in [4.69, 9.17) is 0 Å². The molecule has 1 aromatic heterocycles. The first-order valence-corrected chi connectivity index (χ1v) is 10.7. The molecule has 0 aliphatic carbocycles. The lowest BCUT2D eigenvalue weighted by Gasteiger charge is -2.08. The fourth-order valence-electron chi connectivity index (χ4n) is 2.72. The minimum Gasteiger partial charge on any atom is -0.744 e. The van der Waals surface area contributed by atoms with Crippen LogP contribution in [-0.4, -0.2) is 13.0 Å². The highest BCUT2D eigenvalue weighted by Crippen LogP contribution is 2.34. The van der Waals surface area contributed by atoms with Gasteiger partial charge in [-0.05, 0) is 56.2 Å². The highest BCUT2D eigenvalue weighted by molar-refractivity contribution is 7.85. The second-order valence-corrected chi connectivity index (χ2v) is 9.17. The van der Waals surface area contributed by atoms with Crippen LogP contribution < -0.4 is 0 Å². The summed E-state index contributed by atoms with van der Waals surface area (Å²) < 4.78 is 33.5. The standard InChI is InChI=1S/C22H20O3S2/c1-15(2)12-20-13-19(17-8-10-21(11-9-17)27(23,24)25)14-22(26-20)18-6-4-16(3)5-7-18/h4-14H,1-3H3. The van der Waals surface area contributed by atoms with Gasteiger partial charge in [-0.1, -0.05) is 35.4 Å². The molecule has 5 heteroatoms. The summed E-state index contributed by atoms with van der Waals surface area (Å²) in [5, 5.41) is 0. The van der Waals surface area contributed by atoms with E-state index in [1.165, 1.54) is 23.3 Å². The Hall–Kier alpha value is -2.34. The number of aryl methyl sites for hydroxylation is 1. The predicted octanol–water partition coefficient (Wildman–Crippen LogP) is 6.00. The SMILES string of the molecule is CC(C)=Cc1cc(-c2ccc(S(=O)(=O)[O-])cc2)cc(-c2ccc(C)cc2)[s+]1. The second kappa shape index (κ2) is 7.72. The quantitative estimate of drug-likeness (QED) is 0.401. The molecule has 0 saturated carbocycles. The van der Waals surface area contributed by atoms with Crippen molar-refractivity contribution in [2.45, 2.75) is 25.7 Å². The van der Waals surface area contributed by atoms with E-state index in [2.05, 4.69) is 63.2 Å². The average Bonchev–Trinajstić information content (AvgIpc) is 2.61. The molecule has 3 nitrogen and oxygen atoms in total. The van der Waals surface area contributed by atoms with Crippen LogP contribution in [-0.2, 0) is 10.1 Å². The fraction of sp³-hybridized carbons (Fsp3) is 0.136. The molecule has 0 unspecified atom stereocenters. The van der Waals surface area contributed by atoms with E-state index in [0.717, 1.165) is 26.4 Å². The van der Waals surface area contributed by atoms with Crippen molar-refractivity contribution in [3.05, 3.63) is 76.7 Å². The van der Waals surface area contributed by atoms with E-state index >= 15 is 0 Å². The molecule has 0 amide bonds. The number of benzene rings is 2. The minimum absolute atomic E-state index is 0.215. The van der Waals surface area contributed by atoms with Crippen molar-refractivity contribution in [1.29, 1.82) is 0 Å². The van der Waals surface area contributed by atoms with Gasteiger partial charge in [0.1, 0.15) is 10.1 Å². The molecule has 0 aliphatic heterocycles. The lowest BCUT2D eigenvalue weighted by atomic mass is 10.0. The van der Waals surface area contributed by atoms with Crippen LogP contribution in [0.15, 0.2) is 71.1 Å². The maximum Gasteiger partial charge on any atom is 0.239 e. The molecule has 0 N–H and O–H groups in total. The Labute approximate surface area is 164 Å². The fourth-order valence-corrected chi connectivity index (χ4v) is 4.36. The summed E-state index contributed by atoms with van der Waals surface area (Å²) in [4.78, 5) is 2.03. The molecule has 1 heterocycles. The van der Waals surface area contributed by atoms with Gasteiger partial charge in [-0.25, -0.2) is 8.42 Å². The van der Waals surface area contributed by atoms with E-state index in [9.17, 15) is 13.0 Å². The molecule has 27 heavy (non-hydrogen) atoms. The summed E-state index contributed by atoms with van der Waals surface area (Å²) in [5.41, 5.74) is 5.39. The van der Waals surface area contributed by atoms with Gasteiger partial charge in [-0.3, -0.25) is 0 Å². The highest BCUT2D eigenvalue weighted by Gasteiger charge is 2.16. The number of hydrogen-bond acceptors (Lipinski definition) is 3. The average molecular weight is 397 g/mol. The maximum atomic E-state index is 11.2. The summed E-state index contributed by atoms with van der Waals surface area (Å²) in [6, 6.07) is 18.6. The van der Waals surface area contributed by atoms with Crippen LogP contribution in [0.5, 0.6) is 0 Å². The van der Waals surface area contributed by atoms with Gasteiger partial charge in [0, 0.05) is 23.8 Å². The Morgan fingerprint density at radius 2 is 1.48 bits per heavy atom. The smallest absolute Gasteiger partial charge is 0.239 e. The molecule has 0 bridgehead atoms. The summed E-state index contributed by atoms with van der Waals surface area (Å²) in [6.45, 7) is 6.17. The van der Waals surface area contributed by atoms with Crippen LogP contribution in [0.2, 0.25) is 0 Å². The lowest BCUT2D eigenvalue weighted by Crippen LogP contribution is -1.97.